The van der Waals surface area contributed by atoms with Crippen molar-refractivity contribution in [2.45, 2.75) is 329 Å². The van der Waals surface area contributed by atoms with E-state index in [9.17, 15) is 14.4 Å². The molecule has 0 spiro atoms. The molecule has 0 aromatic carbocycles. The molecule has 0 saturated heterocycles. The minimum atomic E-state index is -0.788. The molecule has 0 aliphatic heterocycles. The number of hydrogen-bond acceptors (Lipinski definition) is 6. The summed E-state index contributed by atoms with van der Waals surface area (Å²) in [5.74, 6) is -0.889. The topological polar surface area (TPSA) is 78.9 Å². The Morgan fingerprint density at radius 1 is 0.263 bits per heavy atom. The third-order valence-corrected chi connectivity index (χ3v) is 14.5. The molecule has 1 atom stereocenters. The van der Waals surface area contributed by atoms with Crippen molar-refractivity contribution in [2.24, 2.45) is 0 Å². The van der Waals surface area contributed by atoms with E-state index in [0.717, 1.165) is 122 Å². The van der Waals surface area contributed by atoms with Gasteiger partial charge in [0.15, 0.2) is 6.10 Å². The van der Waals surface area contributed by atoms with Crippen molar-refractivity contribution in [1.82, 2.24) is 0 Å². The number of allylic oxidation sites excluding steroid dienone is 18. The predicted molar refractivity (Wildman–Crippen MR) is 348 cm³/mol. The summed E-state index contributed by atoms with van der Waals surface area (Å²) in [5.41, 5.74) is 0. The number of carbonyl (C=O) groups excluding carboxylic acids is 3. The van der Waals surface area contributed by atoms with Crippen LogP contribution in [0.2, 0.25) is 0 Å². The van der Waals surface area contributed by atoms with Crippen LogP contribution in [0.15, 0.2) is 109 Å². The van der Waals surface area contributed by atoms with Gasteiger partial charge < -0.3 is 14.2 Å². The lowest BCUT2D eigenvalue weighted by Crippen LogP contribution is -2.30. The fourth-order valence-electron chi connectivity index (χ4n) is 9.48. The molecular weight excluding hydrogens is 985 g/mol. The Balaban J connectivity index is 4.32. The second-order valence-electron chi connectivity index (χ2n) is 22.3. The van der Waals surface area contributed by atoms with Gasteiger partial charge in [-0.3, -0.25) is 14.4 Å². The number of ether oxygens (including phenoxy) is 3. The molecule has 0 aliphatic rings. The predicted octanol–water partition coefficient (Wildman–Crippen LogP) is 23.4. The Kier molecular flexibility index (Phi) is 64.3. The highest BCUT2D eigenvalue weighted by atomic mass is 16.6. The molecule has 0 aliphatic carbocycles. The van der Waals surface area contributed by atoms with Gasteiger partial charge in [-0.1, -0.05) is 291 Å². The molecule has 0 bridgehead atoms. The molecule has 0 radical (unpaired) electrons. The van der Waals surface area contributed by atoms with Crippen LogP contribution in [0, 0.1) is 0 Å². The molecule has 80 heavy (non-hydrogen) atoms. The highest BCUT2D eigenvalue weighted by Gasteiger charge is 2.19. The van der Waals surface area contributed by atoms with E-state index >= 15 is 0 Å². The Morgan fingerprint density at radius 2 is 0.487 bits per heavy atom. The molecule has 6 heteroatoms. The molecule has 0 heterocycles. The van der Waals surface area contributed by atoms with Crippen molar-refractivity contribution in [3.05, 3.63) is 109 Å². The summed E-state index contributed by atoms with van der Waals surface area (Å²) in [6, 6.07) is 0. The van der Waals surface area contributed by atoms with Gasteiger partial charge in [0.2, 0.25) is 0 Å². The first-order chi connectivity index (χ1) is 39.5. The lowest BCUT2D eigenvalue weighted by Gasteiger charge is -2.18. The summed E-state index contributed by atoms with van der Waals surface area (Å²) in [6.45, 7) is 6.42. The Hall–Kier alpha value is -3.93. The van der Waals surface area contributed by atoms with Crippen molar-refractivity contribution in [3.8, 4) is 0 Å². The van der Waals surface area contributed by atoms with Gasteiger partial charge in [0.05, 0.1) is 0 Å². The molecule has 0 N–H and O–H groups in total. The molecule has 1 unspecified atom stereocenters. The lowest BCUT2D eigenvalue weighted by atomic mass is 10.0. The van der Waals surface area contributed by atoms with E-state index in [1.807, 2.05) is 0 Å². The van der Waals surface area contributed by atoms with Crippen LogP contribution < -0.4 is 0 Å². The molecule has 0 rings (SSSR count). The van der Waals surface area contributed by atoms with Gasteiger partial charge in [-0.15, -0.1) is 0 Å². The zero-order valence-electron chi connectivity index (χ0n) is 52.6. The number of unbranched alkanes of at least 4 members (excludes halogenated alkanes) is 32. The molecule has 0 aromatic heterocycles. The first-order valence-corrected chi connectivity index (χ1v) is 33.9. The maximum atomic E-state index is 12.9. The van der Waals surface area contributed by atoms with Crippen LogP contribution in [-0.4, -0.2) is 37.2 Å². The van der Waals surface area contributed by atoms with E-state index in [2.05, 4.69) is 130 Å². The van der Waals surface area contributed by atoms with E-state index in [4.69, 9.17) is 14.2 Å². The number of esters is 3. The van der Waals surface area contributed by atoms with E-state index in [1.54, 1.807) is 0 Å². The highest BCUT2D eigenvalue weighted by molar-refractivity contribution is 5.71. The number of carbonyl (C=O) groups is 3. The summed E-state index contributed by atoms with van der Waals surface area (Å²) < 4.78 is 17.0. The maximum absolute atomic E-state index is 12.9. The van der Waals surface area contributed by atoms with Crippen molar-refractivity contribution in [1.29, 1.82) is 0 Å². The normalized spacial score (nSPS) is 12.8. The molecule has 458 valence electrons. The highest BCUT2D eigenvalue weighted by Crippen LogP contribution is 2.17. The molecule has 0 amide bonds. The third-order valence-electron chi connectivity index (χ3n) is 14.5. The van der Waals surface area contributed by atoms with Gasteiger partial charge in [0.1, 0.15) is 13.2 Å². The summed E-state index contributed by atoms with van der Waals surface area (Å²) in [5, 5.41) is 0. The van der Waals surface area contributed by atoms with E-state index < -0.39 is 6.10 Å². The second-order valence-corrected chi connectivity index (χ2v) is 22.3. The molecule has 0 fully saturated rings. The van der Waals surface area contributed by atoms with Gasteiger partial charge in [-0.25, -0.2) is 0 Å². The Labute approximate surface area is 495 Å². The number of hydrogen-bond donors (Lipinski definition) is 0. The lowest BCUT2D eigenvalue weighted by molar-refractivity contribution is -0.167. The van der Waals surface area contributed by atoms with Gasteiger partial charge in [-0.2, -0.15) is 0 Å². The number of rotatable bonds is 61. The van der Waals surface area contributed by atoms with Crippen LogP contribution in [0.1, 0.15) is 323 Å². The average Bonchev–Trinajstić information content (AvgIpc) is 3.46. The molecule has 6 nitrogen and oxygen atoms in total. The van der Waals surface area contributed by atoms with Crippen molar-refractivity contribution in [3.63, 3.8) is 0 Å². The zero-order valence-corrected chi connectivity index (χ0v) is 52.6. The maximum Gasteiger partial charge on any atom is 0.306 e. The second kappa shape index (κ2) is 67.6. The van der Waals surface area contributed by atoms with Crippen LogP contribution >= 0.6 is 0 Å². The molecular formula is C74H126O6. The minimum Gasteiger partial charge on any atom is -0.462 e. The van der Waals surface area contributed by atoms with Crippen LogP contribution in [0.3, 0.4) is 0 Å². The van der Waals surface area contributed by atoms with Crippen LogP contribution in [0.5, 0.6) is 0 Å². The summed E-state index contributed by atoms with van der Waals surface area (Å²) >= 11 is 0. The van der Waals surface area contributed by atoms with Crippen LogP contribution in [-0.2, 0) is 28.6 Å². The van der Waals surface area contributed by atoms with Gasteiger partial charge in [-0.05, 0) is 122 Å². The smallest absolute Gasteiger partial charge is 0.306 e. The van der Waals surface area contributed by atoms with Crippen molar-refractivity contribution >= 4 is 17.9 Å². The van der Waals surface area contributed by atoms with Crippen molar-refractivity contribution in [2.75, 3.05) is 13.2 Å². The third kappa shape index (κ3) is 64.9. The SMILES string of the molecule is CC/C=C\C/C=C\C/C=C\C/C=C\CCCCCCCCCCCCCCCCC(=O)OCC(COC(=O)CCCCCCC/C=C\CCCCCCC)OC(=O)CCCCCCCCCC/C=C\C/C=C\C/C=C\C/C=C\CC. The van der Waals surface area contributed by atoms with E-state index in [-0.39, 0.29) is 31.1 Å². The largest absolute Gasteiger partial charge is 0.462 e. The summed E-state index contributed by atoms with van der Waals surface area (Å²) in [7, 11) is 0. The van der Waals surface area contributed by atoms with Gasteiger partial charge in [0, 0.05) is 19.3 Å². The average molecular weight is 1110 g/mol. The van der Waals surface area contributed by atoms with Gasteiger partial charge in [0.25, 0.3) is 0 Å². The monoisotopic (exact) mass is 1110 g/mol. The molecule has 0 saturated carbocycles. The fourth-order valence-corrected chi connectivity index (χ4v) is 9.48. The fraction of sp³-hybridized carbons (Fsp3) is 0.716. The zero-order chi connectivity index (χ0) is 57.8. The standard InChI is InChI=1S/C74H126O6/c1-4-7-10-13-16-19-22-25-28-30-32-34-35-36-37-38-39-41-42-44-46-49-52-55-58-61-64-67-73(76)79-70-71(69-78-72(75)66-63-60-57-54-51-48-27-24-21-18-15-12-9-6-3)80-74(77)68-65-62-59-56-53-50-47-45-43-40-33-31-29-26-23-20-17-14-11-8-5-2/h7-8,10-11,16-17,19-20,24-29,32-34,40,71H,4-6,9,12-15,18,21-23,30-31,35-39,41-70H2,1-3H3/b10-7-,11-8-,19-16-,20-17-,27-24-,28-25-,29-26-,34-32-,40-33-. The van der Waals surface area contributed by atoms with Gasteiger partial charge >= 0.3 is 17.9 Å². The minimum absolute atomic E-state index is 0.0832. The Morgan fingerprint density at radius 3 is 0.775 bits per heavy atom. The Bertz CT molecular complexity index is 1610. The quantitative estimate of drug-likeness (QED) is 0.0261. The summed E-state index contributed by atoms with van der Waals surface area (Å²) in [6.07, 6.45) is 92.4. The van der Waals surface area contributed by atoms with Crippen LogP contribution in [0.4, 0.5) is 0 Å². The molecule has 0 aromatic rings. The first-order valence-electron chi connectivity index (χ1n) is 33.9. The van der Waals surface area contributed by atoms with Crippen molar-refractivity contribution < 1.29 is 28.6 Å². The van der Waals surface area contributed by atoms with E-state index in [1.165, 1.54) is 161 Å². The first kappa shape index (κ1) is 76.1. The van der Waals surface area contributed by atoms with E-state index in [0.29, 0.717) is 19.3 Å². The van der Waals surface area contributed by atoms with Crippen LogP contribution in [0.25, 0.3) is 0 Å². The summed E-state index contributed by atoms with van der Waals surface area (Å²) in [4.78, 5) is 38.4.